The minimum Gasteiger partial charge on any atom is -1.00 e. The maximum absolute atomic E-state index is 11.7. The van der Waals surface area contributed by atoms with Crippen molar-refractivity contribution in [3.8, 4) is 0 Å². The van der Waals surface area contributed by atoms with Crippen LogP contribution in [0, 0.1) is 10.8 Å². The van der Waals surface area contributed by atoms with E-state index in [-0.39, 0.29) is 36.5 Å². The zero-order chi connectivity index (χ0) is 22.0. The van der Waals surface area contributed by atoms with E-state index in [1.54, 1.807) is 0 Å². The predicted octanol–water partition coefficient (Wildman–Crippen LogP) is -0.171. The average Bonchev–Trinajstić information content (AvgIpc) is 3.09. The first-order valence-electron chi connectivity index (χ1n) is 10.4. The average molecular weight is 447 g/mol. The second kappa shape index (κ2) is 10.5. The topological polar surface area (TPSA) is 103 Å². The number of benzene rings is 1. The van der Waals surface area contributed by atoms with Gasteiger partial charge in [0.1, 0.15) is 0 Å². The summed E-state index contributed by atoms with van der Waals surface area (Å²) < 4.78 is 2.98. The van der Waals surface area contributed by atoms with Gasteiger partial charge in [-0.05, 0) is 36.9 Å². The van der Waals surface area contributed by atoms with E-state index in [1.165, 1.54) is 25.0 Å². The number of hydrogen-bond donors (Lipinski definition) is 2. The standard InChI is InChI=1S/C22H26N6O3.Na.H/c1-26-14-17(19-9-18(27(2)31)3-4-20(19)26)11-23-10-15-5-7-28(8-6-15)22-24-12-16(13-25-22)21(29)30;;/h3-4,9,12-15,23H,5-8,10-11H2,1-2H3;;/q;+1;-1/p+1. The summed E-state index contributed by atoms with van der Waals surface area (Å²) in [6.45, 7) is 3.38. The number of carboxylic acids is 1. The van der Waals surface area contributed by atoms with Crippen LogP contribution in [0.25, 0.3) is 10.9 Å². The van der Waals surface area contributed by atoms with Crippen molar-refractivity contribution in [2.45, 2.75) is 19.4 Å². The van der Waals surface area contributed by atoms with E-state index in [9.17, 15) is 9.70 Å². The Balaban J connectivity index is 0.00000193. The van der Waals surface area contributed by atoms with E-state index in [1.807, 2.05) is 25.2 Å². The number of nitrogens with zero attached hydrogens (tertiary/aromatic N) is 5. The molecule has 32 heavy (non-hydrogen) atoms. The molecule has 3 aromatic rings. The number of nitrogens with one attached hydrogen (secondary N) is 1. The van der Waals surface area contributed by atoms with E-state index < -0.39 is 5.97 Å². The molecule has 1 fully saturated rings. The molecule has 0 amide bonds. The van der Waals surface area contributed by atoms with E-state index in [0.29, 0.717) is 17.6 Å². The Hall–Kier alpha value is -2.33. The summed E-state index contributed by atoms with van der Waals surface area (Å²) in [5, 5.41) is 13.6. The molecular formula is C22H28N6NaO3+. The van der Waals surface area contributed by atoms with Gasteiger partial charge in [0.2, 0.25) is 5.95 Å². The van der Waals surface area contributed by atoms with Crippen molar-refractivity contribution in [3.63, 3.8) is 0 Å². The Morgan fingerprint density at radius 1 is 1.28 bits per heavy atom. The van der Waals surface area contributed by atoms with Crippen LogP contribution in [0.15, 0.2) is 36.8 Å². The molecule has 0 aliphatic carbocycles. The maximum Gasteiger partial charge on any atom is 1.00 e. The van der Waals surface area contributed by atoms with Crippen molar-refractivity contribution in [2.75, 3.05) is 31.6 Å². The molecule has 0 bridgehead atoms. The van der Waals surface area contributed by atoms with Crippen molar-refractivity contribution in [1.29, 1.82) is 0 Å². The SMILES string of the molecule is Cn1cc(CNCC2CCN(c3ncc(C(=O)O)cn3)CC2)c2cc([N+](C)=O)ccc21.[H-].[Na+]. The number of aryl methyl sites for hydroxylation is 1. The van der Waals surface area contributed by atoms with Crippen molar-refractivity contribution < 1.29 is 45.6 Å². The Labute approximate surface area is 210 Å². The summed E-state index contributed by atoms with van der Waals surface area (Å²) in [6, 6.07) is 5.79. The van der Waals surface area contributed by atoms with Crippen molar-refractivity contribution >= 4 is 28.5 Å². The quantitative estimate of drug-likeness (QED) is 0.383. The minimum absolute atomic E-state index is 0. The molecule has 0 radical (unpaired) electrons. The Kier molecular flexibility index (Phi) is 8.00. The van der Waals surface area contributed by atoms with E-state index in [2.05, 4.69) is 30.9 Å². The molecule has 0 saturated carbocycles. The monoisotopic (exact) mass is 447 g/mol. The van der Waals surface area contributed by atoms with Crippen molar-refractivity contribution in [2.24, 2.45) is 13.0 Å². The number of rotatable bonds is 7. The number of aromatic carboxylic acids is 1. The number of fused-ring (bicyclic) bond motifs is 1. The van der Waals surface area contributed by atoms with Crippen LogP contribution in [-0.4, -0.2) is 57.1 Å². The number of nitroso groups, excluding NO2 is 1. The van der Waals surface area contributed by atoms with Gasteiger partial charge in [-0.1, -0.05) is 0 Å². The van der Waals surface area contributed by atoms with Crippen LogP contribution in [0.2, 0.25) is 0 Å². The molecule has 0 unspecified atom stereocenters. The Morgan fingerprint density at radius 3 is 2.59 bits per heavy atom. The third-order valence-corrected chi connectivity index (χ3v) is 5.95. The first kappa shape index (κ1) is 24.3. The van der Waals surface area contributed by atoms with E-state index in [4.69, 9.17) is 5.11 Å². The minimum atomic E-state index is -1.02. The zero-order valence-electron chi connectivity index (χ0n) is 19.8. The van der Waals surface area contributed by atoms with Crippen LogP contribution < -0.4 is 39.8 Å². The molecule has 164 valence electrons. The van der Waals surface area contributed by atoms with Crippen LogP contribution in [-0.2, 0) is 13.6 Å². The van der Waals surface area contributed by atoms with E-state index in [0.717, 1.165) is 54.7 Å². The number of piperidine rings is 1. The Bertz CT molecular complexity index is 1110. The first-order chi connectivity index (χ1) is 14.9. The number of aromatic nitrogens is 3. The molecule has 1 aromatic carbocycles. The Morgan fingerprint density at radius 2 is 1.97 bits per heavy atom. The van der Waals surface area contributed by atoms with Gasteiger partial charge in [-0.3, -0.25) is 0 Å². The molecule has 1 aliphatic rings. The van der Waals surface area contributed by atoms with Crippen LogP contribution in [0.4, 0.5) is 11.6 Å². The zero-order valence-corrected chi connectivity index (χ0v) is 20.8. The van der Waals surface area contributed by atoms with Gasteiger partial charge in [-0.2, -0.15) is 0 Å². The number of carboxylic acid groups (broad SMARTS) is 1. The van der Waals surface area contributed by atoms with Gasteiger partial charge in [-0.15, -0.1) is 0 Å². The van der Waals surface area contributed by atoms with Crippen LogP contribution >= 0.6 is 0 Å². The van der Waals surface area contributed by atoms with Crippen molar-refractivity contribution in [1.82, 2.24) is 19.9 Å². The van der Waals surface area contributed by atoms with Gasteiger partial charge in [0.25, 0.3) is 5.69 Å². The van der Waals surface area contributed by atoms with Gasteiger partial charge in [0.15, 0.2) is 7.05 Å². The summed E-state index contributed by atoms with van der Waals surface area (Å²) in [6.07, 6.45) is 6.89. The fourth-order valence-corrected chi connectivity index (χ4v) is 4.14. The normalized spacial score (nSPS) is 14.4. The molecule has 1 aliphatic heterocycles. The maximum atomic E-state index is 11.7. The molecule has 1 saturated heterocycles. The molecule has 2 aromatic heterocycles. The summed E-state index contributed by atoms with van der Waals surface area (Å²) >= 11 is 0. The second-order valence-corrected chi connectivity index (χ2v) is 8.10. The number of carbonyl (C=O) groups is 1. The molecule has 0 atom stereocenters. The third kappa shape index (κ3) is 5.35. The predicted molar refractivity (Wildman–Crippen MR) is 119 cm³/mol. The van der Waals surface area contributed by atoms with Crippen molar-refractivity contribution in [3.05, 3.63) is 52.8 Å². The molecule has 0 spiro atoms. The third-order valence-electron chi connectivity index (χ3n) is 5.95. The molecule has 3 heterocycles. The van der Waals surface area contributed by atoms with Crippen LogP contribution in [0.1, 0.15) is 30.2 Å². The van der Waals surface area contributed by atoms with Gasteiger partial charge in [-0.25, -0.2) is 14.8 Å². The molecule has 10 heteroatoms. The second-order valence-electron chi connectivity index (χ2n) is 8.10. The summed E-state index contributed by atoms with van der Waals surface area (Å²) in [4.78, 5) is 33.1. The summed E-state index contributed by atoms with van der Waals surface area (Å²) in [7, 11) is 3.53. The van der Waals surface area contributed by atoms with Crippen LogP contribution in [0.3, 0.4) is 0 Å². The summed E-state index contributed by atoms with van der Waals surface area (Å²) in [5.41, 5.74) is 3.06. The smallest absolute Gasteiger partial charge is 1.00 e. The molecule has 2 N–H and O–H groups in total. The first-order valence-corrected chi connectivity index (χ1v) is 10.4. The van der Waals surface area contributed by atoms with Gasteiger partial charge < -0.3 is 21.3 Å². The molecular weight excluding hydrogens is 419 g/mol. The van der Waals surface area contributed by atoms with Gasteiger partial charge in [0, 0.05) is 78.0 Å². The molecule has 4 rings (SSSR count). The number of hydrogen-bond acceptors (Lipinski definition) is 6. The largest absolute Gasteiger partial charge is 1.00 e. The fourth-order valence-electron chi connectivity index (χ4n) is 4.14. The van der Waals surface area contributed by atoms with Crippen LogP contribution in [0.5, 0.6) is 0 Å². The van der Waals surface area contributed by atoms with Gasteiger partial charge in [0.05, 0.1) is 5.56 Å². The fraction of sp³-hybridized carbons (Fsp3) is 0.409. The van der Waals surface area contributed by atoms with Gasteiger partial charge >= 0.3 is 35.5 Å². The van der Waals surface area contributed by atoms with E-state index >= 15 is 0 Å². The number of anilines is 1. The molecule has 9 nitrogen and oxygen atoms in total. The summed E-state index contributed by atoms with van der Waals surface area (Å²) in [5.74, 6) is 0.137.